The molecule has 5 rings (SSSR count). The number of β-amino-alcohol motifs (C(OH)–C–C–N with tert-alkyl or cyclic N) is 1. The van der Waals surface area contributed by atoms with Crippen molar-refractivity contribution in [3.8, 4) is 11.3 Å². The Balaban J connectivity index is 1.21. The minimum atomic E-state index is -0.477. The molecule has 0 spiro atoms. The largest absolute Gasteiger partial charge is 0.390 e. The zero-order chi connectivity index (χ0) is 21.2. The van der Waals surface area contributed by atoms with Gasteiger partial charge < -0.3 is 10.4 Å². The van der Waals surface area contributed by atoms with Crippen LogP contribution in [-0.4, -0.2) is 55.5 Å². The van der Waals surface area contributed by atoms with Gasteiger partial charge in [0.05, 0.1) is 23.5 Å². The molecule has 0 aliphatic carbocycles. The van der Waals surface area contributed by atoms with E-state index in [1.54, 1.807) is 6.33 Å². The fourth-order valence-corrected chi connectivity index (χ4v) is 4.21. The van der Waals surface area contributed by atoms with Crippen molar-refractivity contribution in [3.63, 3.8) is 0 Å². The Morgan fingerprint density at radius 2 is 1.97 bits per heavy atom. The van der Waals surface area contributed by atoms with Gasteiger partial charge in [0.15, 0.2) is 0 Å². The van der Waals surface area contributed by atoms with Crippen LogP contribution in [0.15, 0.2) is 61.1 Å². The molecule has 158 valence electrons. The number of nitrogens with one attached hydrogen (secondary N) is 1. The lowest BCUT2D eigenvalue weighted by atomic mass is 10.00. The standard InChI is InChI=1S/C24H26N6O/c1-29-23-10-18(6-7-19(23)12-28-29)22-11-24(27-16-26-22)25-13-21(31)15-30-9-8-17-4-2-3-5-20(17)14-30/h2-7,10-12,16,21,31H,8-9,13-15H2,1H3,(H,25,26,27). The molecule has 1 aliphatic heterocycles. The molecule has 0 saturated carbocycles. The molecule has 1 atom stereocenters. The zero-order valence-electron chi connectivity index (χ0n) is 17.6. The fourth-order valence-electron chi connectivity index (χ4n) is 4.21. The minimum Gasteiger partial charge on any atom is -0.390 e. The van der Waals surface area contributed by atoms with E-state index in [0.29, 0.717) is 18.9 Å². The number of hydrogen-bond acceptors (Lipinski definition) is 6. The van der Waals surface area contributed by atoms with Gasteiger partial charge in [-0.2, -0.15) is 5.10 Å². The average Bonchev–Trinajstić information content (AvgIpc) is 3.18. The Labute approximate surface area is 181 Å². The quantitative estimate of drug-likeness (QED) is 0.505. The maximum Gasteiger partial charge on any atom is 0.130 e. The minimum absolute atomic E-state index is 0.440. The number of aryl methyl sites for hydroxylation is 1. The van der Waals surface area contributed by atoms with Crippen molar-refractivity contribution in [1.29, 1.82) is 0 Å². The number of anilines is 1. The van der Waals surface area contributed by atoms with E-state index in [2.05, 4.69) is 55.6 Å². The summed E-state index contributed by atoms with van der Waals surface area (Å²) in [7, 11) is 1.93. The van der Waals surface area contributed by atoms with E-state index in [1.807, 2.05) is 36.1 Å². The van der Waals surface area contributed by atoms with E-state index in [4.69, 9.17) is 0 Å². The van der Waals surface area contributed by atoms with Crippen molar-refractivity contribution in [2.75, 3.05) is 25.0 Å². The van der Waals surface area contributed by atoms with Crippen molar-refractivity contribution in [2.24, 2.45) is 7.05 Å². The van der Waals surface area contributed by atoms with E-state index >= 15 is 0 Å². The number of rotatable bonds is 6. The number of hydrogen-bond donors (Lipinski definition) is 2. The van der Waals surface area contributed by atoms with Gasteiger partial charge in [0.1, 0.15) is 12.1 Å². The number of aromatic nitrogens is 4. The zero-order valence-corrected chi connectivity index (χ0v) is 17.6. The molecule has 0 fully saturated rings. The van der Waals surface area contributed by atoms with Gasteiger partial charge in [0.2, 0.25) is 0 Å². The maximum atomic E-state index is 10.6. The molecule has 4 aromatic rings. The van der Waals surface area contributed by atoms with E-state index in [1.165, 1.54) is 11.1 Å². The Bertz CT molecular complexity index is 1200. The van der Waals surface area contributed by atoms with Crippen LogP contribution in [0, 0.1) is 0 Å². The van der Waals surface area contributed by atoms with Crippen LogP contribution in [0.2, 0.25) is 0 Å². The predicted octanol–water partition coefficient (Wildman–Crippen LogP) is 2.86. The van der Waals surface area contributed by atoms with Crippen LogP contribution in [0.5, 0.6) is 0 Å². The molecule has 7 heteroatoms. The summed E-state index contributed by atoms with van der Waals surface area (Å²) in [6.07, 6.45) is 3.97. The topological polar surface area (TPSA) is 79.1 Å². The van der Waals surface area contributed by atoms with Gasteiger partial charge in [-0.15, -0.1) is 0 Å². The number of fused-ring (bicyclic) bond motifs is 2. The number of aliphatic hydroxyl groups is 1. The molecule has 2 N–H and O–H groups in total. The van der Waals surface area contributed by atoms with Crippen molar-refractivity contribution in [1.82, 2.24) is 24.6 Å². The van der Waals surface area contributed by atoms with Crippen molar-refractivity contribution in [2.45, 2.75) is 19.1 Å². The molecule has 0 saturated heterocycles. The van der Waals surface area contributed by atoms with Gasteiger partial charge in [-0.3, -0.25) is 9.58 Å². The first kappa shape index (κ1) is 19.7. The molecule has 31 heavy (non-hydrogen) atoms. The molecule has 2 aromatic carbocycles. The SMILES string of the molecule is Cn1ncc2ccc(-c3cc(NCC(O)CN4CCc5ccccc5C4)ncn3)cc21. The second-order valence-corrected chi connectivity index (χ2v) is 8.12. The summed E-state index contributed by atoms with van der Waals surface area (Å²) in [6.45, 7) is 2.94. The lowest BCUT2D eigenvalue weighted by molar-refractivity contribution is 0.114. The van der Waals surface area contributed by atoms with Crippen molar-refractivity contribution < 1.29 is 5.11 Å². The number of nitrogens with zero attached hydrogens (tertiary/aromatic N) is 5. The van der Waals surface area contributed by atoms with Gasteiger partial charge in [-0.05, 0) is 23.6 Å². The van der Waals surface area contributed by atoms with Crippen LogP contribution in [0.25, 0.3) is 22.2 Å². The summed E-state index contributed by atoms with van der Waals surface area (Å²) in [5.41, 5.74) is 5.69. The van der Waals surface area contributed by atoms with Crippen LogP contribution >= 0.6 is 0 Å². The number of aliphatic hydroxyl groups excluding tert-OH is 1. The Morgan fingerprint density at radius 3 is 2.87 bits per heavy atom. The van der Waals surface area contributed by atoms with Gasteiger partial charge >= 0.3 is 0 Å². The third-order valence-electron chi connectivity index (χ3n) is 5.91. The Kier molecular flexibility index (Phi) is 5.36. The lowest BCUT2D eigenvalue weighted by Gasteiger charge is -2.30. The van der Waals surface area contributed by atoms with Gasteiger partial charge in [-0.25, -0.2) is 9.97 Å². The Hall–Kier alpha value is -3.29. The predicted molar refractivity (Wildman–Crippen MR) is 122 cm³/mol. The van der Waals surface area contributed by atoms with E-state index < -0.39 is 6.10 Å². The van der Waals surface area contributed by atoms with Crippen molar-refractivity contribution in [3.05, 3.63) is 72.2 Å². The highest BCUT2D eigenvalue weighted by molar-refractivity contribution is 5.83. The van der Waals surface area contributed by atoms with Crippen LogP contribution in [-0.2, 0) is 20.0 Å². The third kappa shape index (κ3) is 4.28. The van der Waals surface area contributed by atoms with Crippen LogP contribution in [0.3, 0.4) is 0 Å². The summed E-state index contributed by atoms with van der Waals surface area (Å²) >= 11 is 0. The molecule has 2 aromatic heterocycles. The van der Waals surface area contributed by atoms with Crippen LogP contribution in [0.4, 0.5) is 5.82 Å². The molecule has 0 bridgehead atoms. The van der Waals surface area contributed by atoms with Crippen LogP contribution < -0.4 is 5.32 Å². The normalized spacial score (nSPS) is 15.0. The third-order valence-corrected chi connectivity index (χ3v) is 5.91. The lowest BCUT2D eigenvalue weighted by Crippen LogP contribution is -2.39. The first-order valence-electron chi connectivity index (χ1n) is 10.6. The molecule has 3 heterocycles. The fraction of sp³-hybridized carbons (Fsp3) is 0.292. The summed E-state index contributed by atoms with van der Waals surface area (Å²) in [4.78, 5) is 11.0. The smallest absolute Gasteiger partial charge is 0.130 e. The summed E-state index contributed by atoms with van der Waals surface area (Å²) < 4.78 is 1.86. The van der Waals surface area contributed by atoms with Crippen molar-refractivity contribution >= 4 is 16.7 Å². The first-order valence-corrected chi connectivity index (χ1v) is 10.6. The molecular formula is C24H26N6O. The molecule has 0 amide bonds. The summed E-state index contributed by atoms with van der Waals surface area (Å²) in [5, 5.41) is 19.2. The van der Waals surface area contributed by atoms with Gasteiger partial charge in [-0.1, -0.05) is 36.4 Å². The molecule has 0 radical (unpaired) electrons. The molecular weight excluding hydrogens is 388 g/mol. The monoisotopic (exact) mass is 414 g/mol. The second kappa shape index (κ2) is 8.45. The van der Waals surface area contributed by atoms with E-state index in [-0.39, 0.29) is 0 Å². The molecule has 1 unspecified atom stereocenters. The first-order chi connectivity index (χ1) is 15.2. The second-order valence-electron chi connectivity index (χ2n) is 8.12. The number of benzene rings is 2. The highest BCUT2D eigenvalue weighted by Crippen LogP contribution is 2.24. The van der Waals surface area contributed by atoms with Crippen LogP contribution in [0.1, 0.15) is 11.1 Å². The summed E-state index contributed by atoms with van der Waals surface area (Å²) in [6, 6.07) is 16.6. The molecule has 1 aliphatic rings. The highest BCUT2D eigenvalue weighted by atomic mass is 16.3. The average molecular weight is 415 g/mol. The molecule has 7 nitrogen and oxygen atoms in total. The highest BCUT2D eigenvalue weighted by Gasteiger charge is 2.18. The maximum absolute atomic E-state index is 10.6. The summed E-state index contributed by atoms with van der Waals surface area (Å²) in [5.74, 6) is 0.707. The van der Waals surface area contributed by atoms with E-state index in [0.717, 1.165) is 41.7 Å². The van der Waals surface area contributed by atoms with Gasteiger partial charge in [0.25, 0.3) is 0 Å². The van der Waals surface area contributed by atoms with E-state index in [9.17, 15) is 5.11 Å². The Morgan fingerprint density at radius 1 is 1.10 bits per heavy atom. The van der Waals surface area contributed by atoms with Gasteiger partial charge in [0, 0.05) is 50.2 Å².